The summed E-state index contributed by atoms with van der Waals surface area (Å²) in [7, 11) is 0. The standard InChI is InChI=1S/C72H128O6/c1-4-7-10-13-16-19-22-25-27-28-29-30-31-32-33-34-35-36-37-38-39-40-41-42-43-44-46-47-50-53-56-59-62-65-71(74)77-68-69(67-76-70(73)64-61-58-55-52-49-24-21-18-15-12-9-6-3)78-72(75)66-63-60-57-54-51-48-45-26-23-20-17-14-11-8-5-2/h7,10,16,18-19,21,25-27,29-30,45,69H,4-6,8-9,11-15,17,20,22-24,28,31-44,46-68H2,1-3H3/b10-7-,19-16-,21-18-,27-25-,30-29-,45-26-. The first-order valence-corrected chi connectivity index (χ1v) is 33.9. The minimum atomic E-state index is -0.780. The van der Waals surface area contributed by atoms with E-state index in [9.17, 15) is 14.4 Å². The van der Waals surface area contributed by atoms with E-state index in [4.69, 9.17) is 14.2 Å². The van der Waals surface area contributed by atoms with Crippen LogP contribution in [-0.2, 0) is 28.6 Å². The molecule has 1 unspecified atom stereocenters. The lowest BCUT2D eigenvalue weighted by Crippen LogP contribution is -2.30. The van der Waals surface area contributed by atoms with Crippen molar-refractivity contribution in [2.24, 2.45) is 0 Å². The Labute approximate surface area is 484 Å². The summed E-state index contributed by atoms with van der Waals surface area (Å²) in [6.07, 6.45) is 86.5. The fraction of sp³-hybridized carbons (Fsp3) is 0.792. The number of ether oxygens (including phenoxy) is 3. The zero-order valence-corrected chi connectivity index (χ0v) is 51.9. The number of esters is 3. The van der Waals surface area contributed by atoms with Crippen LogP contribution in [0.15, 0.2) is 72.9 Å². The van der Waals surface area contributed by atoms with Crippen molar-refractivity contribution in [2.75, 3.05) is 13.2 Å². The number of hydrogen-bond donors (Lipinski definition) is 0. The third-order valence-corrected chi connectivity index (χ3v) is 14.9. The van der Waals surface area contributed by atoms with Crippen molar-refractivity contribution in [1.82, 2.24) is 0 Å². The summed E-state index contributed by atoms with van der Waals surface area (Å²) in [5, 5.41) is 0. The first kappa shape index (κ1) is 74.8. The zero-order chi connectivity index (χ0) is 56.4. The predicted molar refractivity (Wildman–Crippen MR) is 339 cm³/mol. The zero-order valence-electron chi connectivity index (χ0n) is 51.9. The fourth-order valence-electron chi connectivity index (χ4n) is 9.84. The maximum Gasteiger partial charge on any atom is 0.306 e. The quantitative estimate of drug-likeness (QED) is 0.0261. The maximum absolute atomic E-state index is 12.9. The van der Waals surface area contributed by atoms with E-state index < -0.39 is 6.10 Å². The van der Waals surface area contributed by atoms with Crippen molar-refractivity contribution in [3.05, 3.63) is 72.9 Å². The molecule has 0 saturated heterocycles. The molecule has 0 saturated carbocycles. The molecule has 0 heterocycles. The Hall–Kier alpha value is -3.15. The van der Waals surface area contributed by atoms with E-state index in [0.717, 1.165) is 96.3 Å². The van der Waals surface area contributed by atoms with Crippen molar-refractivity contribution >= 4 is 17.9 Å². The average Bonchev–Trinajstić information content (AvgIpc) is 3.44. The van der Waals surface area contributed by atoms with E-state index in [1.54, 1.807) is 0 Å². The molecule has 0 amide bonds. The molecule has 0 spiro atoms. The fourth-order valence-corrected chi connectivity index (χ4v) is 9.84. The van der Waals surface area contributed by atoms with Gasteiger partial charge in [0.05, 0.1) is 0 Å². The van der Waals surface area contributed by atoms with Crippen LogP contribution >= 0.6 is 0 Å². The summed E-state index contributed by atoms with van der Waals surface area (Å²) < 4.78 is 16.9. The summed E-state index contributed by atoms with van der Waals surface area (Å²) in [4.78, 5) is 38.3. The first-order chi connectivity index (χ1) is 38.5. The van der Waals surface area contributed by atoms with Crippen LogP contribution in [0.4, 0.5) is 0 Å². The number of rotatable bonds is 62. The molecule has 0 radical (unpaired) electrons. The van der Waals surface area contributed by atoms with E-state index in [-0.39, 0.29) is 31.1 Å². The van der Waals surface area contributed by atoms with Gasteiger partial charge in [0.15, 0.2) is 6.10 Å². The highest BCUT2D eigenvalue weighted by atomic mass is 16.6. The first-order valence-electron chi connectivity index (χ1n) is 33.9. The monoisotopic (exact) mass is 1090 g/mol. The molecule has 452 valence electrons. The molecular formula is C72H128O6. The van der Waals surface area contributed by atoms with Crippen molar-refractivity contribution in [1.29, 1.82) is 0 Å². The van der Waals surface area contributed by atoms with Gasteiger partial charge in [0, 0.05) is 19.3 Å². The van der Waals surface area contributed by atoms with Gasteiger partial charge in [-0.3, -0.25) is 14.4 Å². The molecule has 0 aromatic rings. The lowest BCUT2D eigenvalue weighted by atomic mass is 10.0. The molecule has 1 atom stereocenters. The molecule has 0 aromatic carbocycles. The Morgan fingerprint density at radius 2 is 0.500 bits per heavy atom. The van der Waals surface area contributed by atoms with Crippen molar-refractivity contribution in [2.45, 2.75) is 354 Å². The van der Waals surface area contributed by atoms with Gasteiger partial charge in [-0.15, -0.1) is 0 Å². The SMILES string of the molecule is CC/C=C\C/C=C\C/C=C\C/C=C\CCCCCCCCCCCCCCCCCCCCCCC(=O)OCC(COC(=O)CCCCCCC/C=C\CCCCC)OC(=O)CCCCCCC/C=C\CCCCCCCC. The highest BCUT2D eigenvalue weighted by Crippen LogP contribution is 2.17. The van der Waals surface area contributed by atoms with Crippen molar-refractivity contribution < 1.29 is 28.6 Å². The Kier molecular flexibility index (Phi) is 63.7. The van der Waals surface area contributed by atoms with Gasteiger partial charge in [-0.05, 0) is 109 Å². The molecule has 0 rings (SSSR count). The summed E-state index contributed by atoms with van der Waals surface area (Å²) >= 11 is 0. The third-order valence-electron chi connectivity index (χ3n) is 14.9. The summed E-state index contributed by atoms with van der Waals surface area (Å²) in [6.45, 7) is 6.52. The van der Waals surface area contributed by atoms with Gasteiger partial charge in [-0.1, -0.05) is 293 Å². The molecule has 0 bridgehead atoms. The largest absolute Gasteiger partial charge is 0.462 e. The van der Waals surface area contributed by atoms with Gasteiger partial charge in [0.25, 0.3) is 0 Å². The molecule has 6 nitrogen and oxygen atoms in total. The van der Waals surface area contributed by atoms with Crippen LogP contribution < -0.4 is 0 Å². The van der Waals surface area contributed by atoms with Crippen LogP contribution in [0.5, 0.6) is 0 Å². The van der Waals surface area contributed by atoms with E-state index in [0.29, 0.717) is 19.3 Å². The molecule has 6 heteroatoms. The third kappa shape index (κ3) is 63.7. The van der Waals surface area contributed by atoms with Crippen molar-refractivity contribution in [3.8, 4) is 0 Å². The molecule has 0 N–H and O–H groups in total. The Balaban J connectivity index is 4.10. The molecule has 0 aliphatic rings. The highest BCUT2D eigenvalue weighted by Gasteiger charge is 2.19. The second-order valence-electron chi connectivity index (χ2n) is 22.7. The lowest BCUT2D eigenvalue weighted by Gasteiger charge is -2.18. The van der Waals surface area contributed by atoms with Crippen LogP contribution in [0.2, 0.25) is 0 Å². The number of carbonyl (C=O) groups is 3. The van der Waals surface area contributed by atoms with Gasteiger partial charge in [-0.2, -0.15) is 0 Å². The molecule has 0 aromatic heterocycles. The molecular weight excluding hydrogens is 961 g/mol. The number of carbonyl (C=O) groups excluding carboxylic acids is 3. The smallest absolute Gasteiger partial charge is 0.306 e. The molecule has 78 heavy (non-hydrogen) atoms. The minimum absolute atomic E-state index is 0.0768. The van der Waals surface area contributed by atoms with Gasteiger partial charge in [0.1, 0.15) is 13.2 Å². The van der Waals surface area contributed by atoms with Gasteiger partial charge in [0.2, 0.25) is 0 Å². The average molecular weight is 1090 g/mol. The second kappa shape index (κ2) is 66.4. The van der Waals surface area contributed by atoms with Crippen LogP contribution in [0.3, 0.4) is 0 Å². The maximum atomic E-state index is 12.9. The van der Waals surface area contributed by atoms with Gasteiger partial charge < -0.3 is 14.2 Å². The van der Waals surface area contributed by atoms with Crippen LogP contribution in [0.1, 0.15) is 348 Å². The van der Waals surface area contributed by atoms with E-state index in [1.807, 2.05) is 0 Å². The van der Waals surface area contributed by atoms with Crippen molar-refractivity contribution in [3.63, 3.8) is 0 Å². The summed E-state index contributed by atoms with van der Waals surface area (Å²) in [6, 6.07) is 0. The van der Waals surface area contributed by atoms with Crippen LogP contribution in [0.25, 0.3) is 0 Å². The van der Waals surface area contributed by atoms with Crippen LogP contribution in [0, 0.1) is 0 Å². The second-order valence-corrected chi connectivity index (χ2v) is 22.7. The number of hydrogen-bond acceptors (Lipinski definition) is 6. The van der Waals surface area contributed by atoms with Gasteiger partial charge >= 0.3 is 17.9 Å². The molecule has 0 fully saturated rings. The predicted octanol–water partition coefficient (Wildman–Crippen LogP) is 23.3. The van der Waals surface area contributed by atoms with Gasteiger partial charge in [-0.25, -0.2) is 0 Å². The Morgan fingerprint density at radius 3 is 0.821 bits per heavy atom. The topological polar surface area (TPSA) is 78.9 Å². The Bertz CT molecular complexity index is 1440. The molecule has 0 aliphatic carbocycles. The molecule has 0 aliphatic heterocycles. The normalized spacial score (nSPS) is 12.5. The van der Waals surface area contributed by atoms with E-state index >= 15 is 0 Å². The number of allylic oxidation sites excluding steroid dienone is 12. The van der Waals surface area contributed by atoms with Crippen LogP contribution in [-0.4, -0.2) is 37.2 Å². The summed E-state index contributed by atoms with van der Waals surface area (Å²) in [5.41, 5.74) is 0. The Morgan fingerprint density at radius 1 is 0.269 bits per heavy atom. The van der Waals surface area contributed by atoms with E-state index in [1.165, 1.54) is 212 Å². The van der Waals surface area contributed by atoms with E-state index in [2.05, 4.69) is 93.7 Å². The number of unbranched alkanes of at least 4 members (excludes halogenated alkanes) is 39. The highest BCUT2D eigenvalue weighted by molar-refractivity contribution is 5.71. The summed E-state index contributed by atoms with van der Waals surface area (Å²) in [5.74, 6) is -0.877. The lowest BCUT2D eigenvalue weighted by molar-refractivity contribution is -0.167. The minimum Gasteiger partial charge on any atom is -0.462 e.